The van der Waals surface area contributed by atoms with E-state index in [0.717, 1.165) is 12.8 Å². The van der Waals surface area contributed by atoms with E-state index < -0.39 is 17.9 Å². The van der Waals surface area contributed by atoms with Crippen molar-refractivity contribution in [1.29, 1.82) is 0 Å². The van der Waals surface area contributed by atoms with Gasteiger partial charge in [0.05, 0.1) is 12.9 Å². The van der Waals surface area contributed by atoms with Gasteiger partial charge in [-0.1, -0.05) is 77.6 Å². The van der Waals surface area contributed by atoms with Crippen molar-refractivity contribution < 1.29 is 18.7 Å². The maximum absolute atomic E-state index is 11.9. The molecule has 27 heavy (non-hydrogen) atoms. The van der Waals surface area contributed by atoms with Gasteiger partial charge in [-0.2, -0.15) is 0 Å². The molecule has 5 heteroatoms. The molecule has 0 fully saturated rings. The van der Waals surface area contributed by atoms with Crippen molar-refractivity contribution in [3.8, 4) is 0 Å². The quantitative estimate of drug-likeness (QED) is 0.298. The van der Waals surface area contributed by atoms with Gasteiger partial charge in [0.15, 0.2) is 5.76 Å². The van der Waals surface area contributed by atoms with Crippen molar-refractivity contribution in [3.05, 3.63) is 24.2 Å². The van der Waals surface area contributed by atoms with Crippen molar-refractivity contribution in [2.75, 3.05) is 6.61 Å². The fourth-order valence-electron chi connectivity index (χ4n) is 2.98. The Morgan fingerprint density at radius 3 is 2.04 bits per heavy atom. The Morgan fingerprint density at radius 2 is 1.52 bits per heavy atom. The molecule has 0 bridgehead atoms. The maximum Gasteiger partial charge on any atom is 0.328 e. The molecule has 1 N–H and O–H groups in total. The summed E-state index contributed by atoms with van der Waals surface area (Å²) in [6.07, 6.45) is 16.7. The van der Waals surface area contributed by atoms with Crippen LogP contribution < -0.4 is 5.32 Å². The third kappa shape index (κ3) is 11.5. The molecule has 1 atom stereocenters. The number of esters is 1. The van der Waals surface area contributed by atoms with Crippen LogP contribution in [-0.2, 0) is 9.53 Å². The third-order valence-corrected chi connectivity index (χ3v) is 4.69. The van der Waals surface area contributed by atoms with E-state index in [0.29, 0.717) is 6.61 Å². The second kappa shape index (κ2) is 15.3. The summed E-state index contributed by atoms with van der Waals surface area (Å²) in [4.78, 5) is 23.7. The summed E-state index contributed by atoms with van der Waals surface area (Å²) in [7, 11) is 0. The van der Waals surface area contributed by atoms with Gasteiger partial charge in [0.2, 0.25) is 0 Å². The largest absolute Gasteiger partial charge is 0.464 e. The topological polar surface area (TPSA) is 68.5 Å². The minimum atomic E-state index is -0.681. The second-order valence-corrected chi connectivity index (χ2v) is 7.23. The Hall–Kier alpha value is -1.78. The van der Waals surface area contributed by atoms with E-state index in [1.54, 1.807) is 19.1 Å². The first kappa shape index (κ1) is 23.3. The molecule has 1 aromatic heterocycles. The first-order valence-electron chi connectivity index (χ1n) is 10.7. The Bertz CT molecular complexity index is 498. The minimum absolute atomic E-state index is 0.190. The summed E-state index contributed by atoms with van der Waals surface area (Å²) >= 11 is 0. The molecule has 0 aliphatic carbocycles. The van der Waals surface area contributed by atoms with Gasteiger partial charge >= 0.3 is 5.97 Å². The molecule has 5 nitrogen and oxygen atoms in total. The highest BCUT2D eigenvalue weighted by molar-refractivity contribution is 5.94. The number of unbranched alkanes of at least 4 members (excludes halogenated alkanes) is 11. The van der Waals surface area contributed by atoms with Gasteiger partial charge in [-0.25, -0.2) is 4.79 Å². The molecule has 1 heterocycles. The fourth-order valence-corrected chi connectivity index (χ4v) is 2.98. The first-order chi connectivity index (χ1) is 13.1. The van der Waals surface area contributed by atoms with Gasteiger partial charge in [-0.05, 0) is 25.5 Å². The number of carbonyl (C=O) groups excluding carboxylic acids is 2. The number of furan rings is 1. The normalized spacial score (nSPS) is 11.9. The van der Waals surface area contributed by atoms with E-state index in [9.17, 15) is 9.59 Å². The highest BCUT2D eigenvalue weighted by atomic mass is 16.5. The molecule has 0 aromatic carbocycles. The van der Waals surface area contributed by atoms with Gasteiger partial charge in [-0.15, -0.1) is 0 Å². The molecule has 0 aliphatic rings. The summed E-state index contributed by atoms with van der Waals surface area (Å²) in [5.41, 5.74) is 0. The van der Waals surface area contributed by atoms with Crippen molar-refractivity contribution in [2.24, 2.45) is 0 Å². The predicted molar refractivity (Wildman–Crippen MR) is 108 cm³/mol. The van der Waals surface area contributed by atoms with Crippen LogP contribution in [-0.4, -0.2) is 24.5 Å². The Morgan fingerprint density at radius 1 is 0.963 bits per heavy atom. The number of hydrogen-bond acceptors (Lipinski definition) is 4. The Labute approximate surface area is 164 Å². The number of nitrogens with one attached hydrogen (secondary N) is 1. The van der Waals surface area contributed by atoms with Crippen molar-refractivity contribution >= 4 is 11.9 Å². The van der Waals surface area contributed by atoms with Gasteiger partial charge in [0.25, 0.3) is 5.91 Å². The van der Waals surface area contributed by atoms with Crippen molar-refractivity contribution in [3.63, 3.8) is 0 Å². The van der Waals surface area contributed by atoms with E-state index in [1.165, 1.54) is 70.5 Å². The monoisotopic (exact) mass is 379 g/mol. The van der Waals surface area contributed by atoms with Crippen LogP contribution in [0, 0.1) is 0 Å². The molecule has 154 valence electrons. The van der Waals surface area contributed by atoms with Gasteiger partial charge in [-0.3, -0.25) is 4.79 Å². The highest BCUT2D eigenvalue weighted by Crippen LogP contribution is 2.12. The van der Waals surface area contributed by atoms with Crippen LogP contribution in [0.1, 0.15) is 101 Å². The smallest absolute Gasteiger partial charge is 0.328 e. The lowest BCUT2D eigenvalue weighted by Crippen LogP contribution is -2.39. The van der Waals surface area contributed by atoms with Crippen LogP contribution in [0.2, 0.25) is 0 Å². The molecule has 0 radical (unpaired) electrons. The molecule has 1 rings (SSSR count). The van der Waals surface area contributed by atoms with Crippen LogP contribution in [0.25, 0.3) is 0 Å². The van der Waals surface area contributed by atoms with Crippen molar-refractivity contribution in [1.82, 2.24) is 5.32 Å². The maximum atomic E-state index is 11.9. The van der Waals surface area contributed by atoms with E-state index in [2.05, 4.69) is 12.2 Å². The van der Waals surface area contributed by atoms with Gasteiger partial charge < -0.3 is 14.5 Å². The van der Waals surface area contributed by atoms with Crippen LogP contribution in [0.3, 0.4) is 0 Å². The standard InChI is InChI=1S/C22H37NO4/c1-3-4-5-6-7-8-9-10-11-12-13-14-17-27-22(25)19(2)23-21(24)20-16-15-18-26-20/h15-16,18-19H,3-14,17H2,1-2H3,(H,23,24). The average Bonchev–Trinajstić information content (AvgIpc) is 3.20. The van der Waals surface area contributed by atoms with E-state index in [-0.39, 0.29) is 5.76 Å². The number of ether oxygens (including phenoxy) is 1. The fraction of sp³-hybridized carbons (Fsp3) is 0.727. The zero-order chi connectivity index (χ0) is 19.7. The van der Waals surface area contributed by atoms with Gasteiger partial charge in [0, 0.05) is 0 Å². The lowest BCUT2D eigenvalue weighted by Gasteiger charge is -2.12. The van der Waals surface area contributed by atoms with Crippen LogP contribution in [0.5, 0.6) is 0 Å². The molecule has 1 unspecified atom stereocenters. The summed E-state index contributed by atoms with van der Waals surface area (Å²) in [6.45, 7) is 4.28. The SMILES string of the molecule is CCCCCCCCCCCCCCOC(=O)C(C)NC(=O)c1ccco1. The zero-order valence-electron chi connectivity index (χ0n) is 17.1. The predicted octanol–water partition coefficient (Wildman–Crippen LogP) is 5.64. The molecule has 0 aliphatic heterocycles. The highest BCUT2D eigenvalue weighted by Gasteiger charge is 2.19. The molecule has 0 saturated carbocycles. The number of carbonyl (C=O) groups is 2. The number of amides is 1. The Balaban J connectivity index is 1.91. The first-order valence-corrected chi connectivity index (χ1v) is 10.7. The van der Waals surface area contributed by atoms with E-state index >= 15 is 0 Å². The minimum Gasteiger partial charge on any atom is -0.464 e. The molecular weight excluding hydrogens is 342 g/mol. The lowest BCUT2D eigenvalue weighted by atomic mass is 10.1. The lowest BCUT2D eigenvalue weighted by molar-refractivity contribution is -0.145. The number of hydrogen-bond donors (Lipinski definition) is 1. The van der Waals surface area contributed by atoms with Crippen LogP contribution in [0.15, 0.2) is 22.8 Å². The summed E-state index contributed by atoms with van der Waals surface area (Å²) in [5.74, 6) is -0.622. The third-order valence-electron chi connectivity index (χ3n) is 4.69. The zero-order valence-corrected chi connectivity index (χ0v) is 17.1. The molecular formula is C22H37NO4. The summed E-state index contributed by atoms with van der Waals surface area (Å²) in [6, 6.07) is 2.51. The average molecular weight is 380 g/mol. The second-order valence-electron chi connectivity index (χ2n) is 7.23. The van der Waals surface area contributed by atoms with Gasteiger partial charge in [0.1, 0.15) is 6.04 Å². The molecule has 0 saturated heterocycles. The molecule has 0 spiro atoms. The molecule has 1 amide bonds. The number of rotatable bonds is 16. The van der Waals surface area contributed by atoms with E-state index in [1.807, 2.05) is 0 Å². The Kier molecular flexibility index (Phi) is 13.2. The van der Waals surface area contributed by atoms with Crippen molar-refractivity contribution in [2.45, 2.75) is 96.9 Å². The molecule has 1 aromatic rings. The van der Waals surface area contributed by atoms with Crippen LogP contribution in [0.4, 0.5) is 0 Å². The summed E-state index contributed by atoms with van der Waals surface area (Å²) < 4.78 is 10.2. The van der Waals surface area contributed by atoms with Crippen LogP contribution >= 0.6 is 0 Å². The van der Waals surface area contributed by atoms with E-state index in [4.69, 9.17) is 9.15 Å². The summed E-state index contributed by atoms with van der Waals surface area (Å²) in [5, 5.41) is 2.57.